The van der Waals surface area contributed by atoms with Crippen molar-refractivity contribution in [2.75, 3.05) is 0 Å². The lowest BCUT2D eigenvalue weighted by Crippen LogP contribution is -2.50. The zero-order valence-corrected chi connectivity index (χ0v) is 32.4. The van der Waals surface area contributed by atoms with E-state index >= 15 is 0 Å². The average Bonchev–Trinajstić information content (AvgIpc) is 3.17. The normalized spacial score (nSPS) is 14.6. The molecule has 2 heterocycles. The van der Waals surface area contributed by atoms with Crippen LogP contribution in [0.15, 0.2) is 121 Å². The molecule has 0 aliphatic carbocycles. The van der Waals surface area contributed by atoms with Crippen LogP contribution in [0, 0.1) is 41.5 Å². The van der Waals surface area contributed by atoms with E-state index in [1.54, 1.807) is 0 Å². The van der Waals surface area contributed by atoms with Crippen molar-refractivity contribution in [2.45, 2.75) is 73.0 Å². The predicted octanol–water partition coefficient (Wildman–Crippen LogP) is 9.10. The van der Waals surface area contributed by atoms with E-state index in [1.165, 1.54) is 76.3 Å². The molecule has 256 valence electrons. The fraction of sp³-hybridized carbons (Fsp3) is 0.234. The Hall–Kier alpha value is -4.22. The van der Waals surface area contributed by atoms with E-state index in [-0.39, 0.29) is 0 Å². The summed E-state index contributed by atoms with van der Waals surface area (Å²) in [6.45, 7) is 13.8. The van der Waals surface area contributed by atoms with Crippen molar-refractivity contribution in [3.8, 4) is 11.5 Å². The molecule has 2 aliphatic rings. The first-order valence-corrected chi connectivity index (χ1v) is 20.9. The topological polar surface area (TPSA) is 18.5 Å². The molecule has 0 fully saturated rings. The molecule has 2 nitrogen and oxygen atoms in total. The zero-order chi connectivity index (χ0) is 35.3. The van der Waals surface area contributed by atoms with Crippen LogP contribution in [0.3, 0.4) is 0 Å². The molecule has 0 saturated carbocycles. The van der Waals surface area contributed by atoms with Gasteiger partial charge in [-0.1, -0.05) is 121 Å². The Balaban J connectivity index is 1.31. The van der Waals surface area contributed by atoms with E-state index in [9.17, 15) is 0 Å². The van der Waals surface area contributed by atoms with Crippen LogP contribution in [-0.2, 0) is 12.8 Å². The van der Waals surface area contributed by atoms with E-state index in [4.69, 9.17) is 9.47 Å². The molecule has 0 amide bonds. The molecule has 1 spiro atoms. The van der Waals surface area contributed by atoms with Gasteiger partial charge < -0.3 is 9.47 Å². The van der Waals surface area contributed by atoms with Crippen LogP contribution in [-0.4, -0.2) is 5.79 Å². The van der Waals surface area contributed by atoms with Gasteiger partial charge in [-0.05, 0) is 136 Å². The molecular formula is C47H46O2P2. The second-order valence-corrected chi connectivity index (χ2v) is 18.5. The lowest BCUT2D eigenvalue weighted by atomic mass is 9.86. The summed E-state index contributed by atoms with van der Waals surface area (Å²) in [6, 6.07) is 44.2. The van der Waals surface area contributed by atoms with Crippen LogP contribution < -0.4 is 41.3 Å². The smallest absolute Gasteiger partial charge is 0.252 e. The van der Waals surface area contributed by atoms with Crippen LogP contribution in [0.25, 0.3) is 0 Å². The van der Waals surface area contributed by atoms with E-state index in [2.05, 4.69) is 163 Å². The van der Waals surface area contributed by atoms with Crippen molar-refractivity contribution >= 4 is 47.7 Å². The molecule has 0 unspecified atom stereocenters. The van der Waals surface area contributed by atoms with Crippen LogP contribution in [0.4, 0.5) is 0 Å². The molecule has 0 N–H and O–H groups in total. The summed E-state index contributed by atoms with van der Waals surface area (Å²) in [7, 11) is -1.74. The lowest BCUT2D eigenvalue weighted by Gasteiger charge is -2.45. The van der Waals surface area contributed by atoms with Gasteiger partial charge in [0, 0.05) is 23.5 Å². The van der Waals surface area contributed by atoms with E-state index in [0.29, 0.717) is 0 Å². The largest absolute Gasteiger partial charge is 0.451 e. The summed E-state index contributed by atoms with van der Waals surface area (Å²) in [5.74, 6) is 1.37. The van der Waals surface area contributed by atoms with Gasteiger partial charge in [0.05, 0.1) is 0 Å². The Bertz CT molecular complexity index is 1970. The molecule has 0 bridgehead atoms. The summed E-state index contributed by atoms with van der Waals surface area (Å²) < 4.78 is 15.1. The van der Waals surface area contributed by atoms with Crippen molar-refractivity contribution in [3.63, 3.8) is 0 Å². The van der Waals surface area contributed by atoms with Gasteiger partial charge in [0.15, 0.2) is 0 Å². The predicted molar refractivity (Wildman–Crippen MR) is 219 cm³/mol. The quantitative estimate of drug-likeness (QED) is 0.161. The number of rotatable bonds is 6. The molecule has 0 atom stereocenters. The highest BCUT2D eigenvalue weighted by Gasteiger charge is 2.46. The van der Waals surface area contributed by atoms with E-state index in [1.807, 2.05) is 0 Å². The third kappa shape index (κ3) is 5.92. The Morgan fingerprint density at radius 2 is 0.686 bits per heavy atom. The third-order valence-corrected chi connectivity index (χ3v) is 16.7. The van der Waals surface area contributed by atoms with Gasteiger partial charge in [0.2, 0.25) is 0 Å². The van der Waals surface area contributed by atoms with Crippen molar-refractivity contribution < 1.29 is 9.47 Å². The molecule has 6 aromatic rings. The summed E-state index contributed by atoms with van der Waals surface area (Å²) in [6.07, 6.45) is 3.53. The summed E-state index contributed by atoms with van der Waals surface area (Å²) >= 11 is 0. The van der Waals surface area contributed by atoms with Gasteiger partial charge >= 0.3 is 0 Å². The second kappa shape index (κ2) is 13.7. The number of hydrogen-bond acceptors (Lipinski definition) is 2. The SMILES string of the molecule is Cc1c(C)c2c(c(P(c3ccccc3)c3ccccc3)c1C)OC1(CC2)CCc2c(C)c(C)c(C)c(P(c3ccccc3)c3ccccc3)c2O1. The summed E-state index contributed by atoms with van der Waals surface area (Å²) in [5, 5.41) is 8.02. The monoisotopic (exact) mass is 704 g/mol. The molecule has 2 aliphatic heterocycles. The minimum absolute atomic E-state index is 0.742. The highest BCUT2D eigenvalue weighted by atomic mass is 31.1. The fourth-order valence-electron chi connectivity index (χ4n) is 8.17. The van der Waals surface area contributed by atoms with Gasteiger partial charge in [-0.15, -0.1) is 0 Å². The van der Waals surface area contributed by atoms with Gasteiger partial charge in [-0.2, -0.15) is 0 Å². The highest BCUT2D eigenvalue weighted by Crippen LogP contribution is 2.50. The number of fused-ring (bicyclic) bond motifs is 2. The lowest BCUT2D eigenvalue weighted by molar-refractivity contribution is -0.138. The molecule has 0 radical (unpaired) electrons. The van der Waals surface area contributed by atoms with Crippen molar-refractivity contribution in [2.24, 2.45) is 0 Å². The van der Waals surface area contributed by atoms with Crippen LogP contribution in [0.2, 0.25) is 0 Å². The average molecular weight is 705 g/mol. The van der Waals surface area contributed by atoms with E-state index < -0.39 is 21.6 Å². The number of ether oxygens (including phenoxy) is 2. The van der Waals surface area contributed by atoms with Gasteiger partial charge in [0.25, 0.3) is 5.79 Å². The molecule has 4 heteroatoms. The Morgan fingerprint density at radius 1 is 0.392 bits per heavy atom. The zero-order valence-electron chi connectivity index (χ0n) is 30.6. The van der Waals surface area contributed by atoms with E-state index in [0.717, 1.165) is 37.2 Å². The molecule has 0 aromatic heterocycles. The summed E-state index contributed by atoms with van der Waals surface area (Å²) in [4.78, 5) is 0. The minimum atomic E-state index is -0.869. The van der Waals surface area contributed by atoms with Crippen molar-refractivity contribution in [1.82, 2.24) is 0 Å². The van der Waals surface area contributed by atoms with Crippen molar-refractivity contribution in [1.29, 1.82) is 0 Å². The van der Waals surface area contributed by atoms with Crippen LogP contribution in [0.5, 0.6) is 11.5 Å². The third-order valence-electron chi connectivity index (χ3n) is 11.4. The Kier molecular flexibility index (Phi) is 9.12. The first kappa shape index (κ1) is 33.9. The number of hydrogen-bond donors (Lipinski definition) is 0. The fourth-order valence-corrected chi connectivity index (χ4v) is 13.5. The van der Waals surface area contributed by atoms with Gasteiger partial charge in [-0.25, -0.2) is 0 Å². The molecule has 0 saturated heterocycles. The maximum atomic E-state index is 7.55. The molecule has 51 heavy (non-hydrogen) atoms. The summed E-state index contributed by atoms with van der Waals surface area (Å²) in [5.41, 5.74) is 10.8. The second-order valence-electron chi connectivity index (χ2n) is 14.2. The molecule has 6 aromatic carbocycles. The Morgan fingerprint density at radius 3 is 0.980 bits per heavy atom. The molecular weight excluding hydrogens is 658 g/mol. The Labute approximate surface area is 306 Å². The van der Waals surface area contributed by atoms with Crippen LogP contribution in [0.1, 0.15) is 57.3 Å². The first-order valence-electron chi connectivity index (χ1n) is 18.2. The maximum absolute atomic E-state index is 7.55. The first-order chi connectivity index (χ1) is 24.8. The molecule has 8 rings (SSSR count). The highest BCUT2D eigenvalue weighted by molar-refractivity contribution is 7.80. The minimum Gasteiger partial charge on any atom is -0.451 e. The van der Waals surface area contributed by atoms with Gasteiger partial charge in [-0.3, -0.25) is 0 Å². The number of benzene rings is 6. The van der Waals surface area contributed by atoms with Crippen LogP contribution >= 0.6 is 15.8 Å². The van der Waals surface area contributed by atoms with Gasteiger partial charge in [0.1, 0.15) is 11.5 Å². The maximum Gasteiger partial charge on any atom is 0.252 e. The standard InChI is InChI=1S/C47H46O2P2/c1-31-33(3)41-27-29-47(48-43(41)45(35(31)5)50(37-19-11-7-12-20-37)38-21-13-8-14-22-38)30-28-42-34(4)32(2)36(6)46(44(42)49-47)51(39-23-15-9-16-24-39)40-25-17-10-18-26-40/h7-26H,27-30H2,1-6H3. The van der Waals surface area contributed by atoms with Crippen molar-refractivity contribution in [3.05, 3.63) is 166 Å².